The number of rotatable bonds is 4. The van der Waals surface area contributed by atoms with Gasteiger partial charge in [-0.05, 0) is 79.5 Å². The molecule has 0 bridgehead atoms. The topological polar surface area (TPSA) is 112 Å². The summed E-state index contributed by atoms with van der Waals surface area (Å²) in [6.45, 7) is 6.19. The zero-order valence-electron chi connectivity index (χ0n) is 17.7. The summed E-state index contributed by atoms with van der Waals surface area (Å²) in [5, 5.41) is 20.3. The van der Waals surface area contributed by atoms with E-state index in [1.165, 1.54) is 11.1 Å². The number of anilines is 1. The number of benzene rings is 1. The van der Waals surface area contributed by atoms with E-state index in [9.17, 15) is 0 Å². The van der Waals surface area contributed by atoms with Crippen LogP contribution < -0.4 is 11.1 Å². The highest BCUT2D eigenvalue weighted by atomic mass is 15.5. The Bertz CT molecular complexity index is 1220. The Morgan fingerprint density at radius 2 is 1.87 bits per heavy atom. The van der Waals surface area contributed by atoms with Crippen LogP contribution in [0.5, 0.6) is 0 Å². The Labute approximate surface area is 180 Å². The molecule has 31 heavy (non-hydrogen) atoms. The third-order valence-corrected chi connectivity index (χ3v) is 5.98. The zero-order chi connectivity index (χ0) is 21.4. The number of pyridine rings is 1. The first-order valence-corrected chi connectivity index (χ1v) is 10.5. The summed E-state index contributed by atoms with van der Waals surface area (Å²) < 4.78 is 3.76. The normalized spacial score (nSPS) is 14.8. The van der Waals surface area contributed by atoms with Crippen LogP contribution in [0.2, 0.25) is 0 Å². The van der Waals surface area contributed by atoms with E-state index in [-0.39, 0.29) is 0 Å². The molecule has 1 aliphatic heterocycles. The highest BCUT2D eigenvalue weighted by Gasteiger charge is 2.19. The number of hydrogen-bond acceptors (Lipinski definition) is 7. The van der Waals surface area contributed by atoms with Crippen molar-refractivity contribution >= 4 is 5.82 Å². The number of nitrogens with one attached hydrogen (secondary N) is 1. The van der Waals surface area contributed by atoms with Crippen molar-refractivity contribution in [2.24, 2.45) is 0 Å². The lowest BCUT2D eigenvalue weighted by Gasteiger charge is -2.22. The smallest absolute Gasteiger partial charge is 0.190 e. The van der Waals surface area contributed by atoms with Crippen LogP contribution in [0.15, 0.2) is 42.9 Å². The summed E-state index contributed by atoms with van der Waals surface area (Å²) in [4.78, 5) is 4.42. The molecule has 5 rings (SSSR count). The van der Waals surface area contributed by atoms with E-state index in [0.717, 1.165) is 42.7 Å². The van der Waals surface area contributed by atoms with Crippen molar-refractivity contribution < 1.29 is 0 Å². The van der Waals surface area contributed by atoms with Crippen LogP contribution >= 0.6 is 0 Å². The molecule has 1 fully saturated rings. The first-order chi connectivity index (χ1) is 15.1. The van der Waals surface area contributed by atoms with Gasteiger partial charge in [-0.25, -0.2) is 4.98 Å². The van der Waals surface area contributed by atoms with Crippen molar-refractivity contribution in [2.75, 3.05) is 18.8 Å². The summed E-state index contributed by atoms with van der Waals surface area (Å²) in [6, 6.07) is 8.52. The van der Waals surface area contributed by atoms with Crippen molar-refractivity contribution in [1.82, 2.24) is 40.3 Å². The number of nitrogens with zero attached hydrogens (tertiary/aromatic N) is 7. The minimum atomic E-state index is 0.384. The minimum absolute atomic E-state index is 0.384. The molecule has 0 saturated carbocycles. The van der Waals surface area contributed by atoms with E-state index in [2.05, 4.69) is 67.8 Å². The Morgan fingerprint density at radius 1 is 1.03 bits per heavy atom. The third-order valence-electron chi connectivity index (χ3n) is 5.98. The standard InChI is InChI=1S/C22H25N9/c1-14-3-4-19(9-15(14)2)31-22(27-28-29-31)20-10-16(11-25-21(20)23)17-12-26-30(13-17)18-5-7-24-8-6-18/h3-4,9-13,18,24H,5-8H2,1-2H3,(H2,23,25). The summed E-state index contributed by atoms with van der Waals surface area (Å²) in [7, 11) is 0. The van der Waals surface area contributed by atoms with Crippen LogP contribution in [0.1, 0.15) is 30.0 Å². The molecule has 0 spiro atoms. The fourth-order valence-electron chi connectivity index (χ4n) is 3.96. The molecule has 0 radical (unpaired) electrons. The molecular formula is C22H25N9. The molecule has 1 aliphatic rings. The Morgan fingerprint density at radius 3 is 2.68 bits per heavy atom. The molecule has 1 aromatic carbocycles. The first kappa shape index (κ1) is 19.4. The van der Waals surface area contributed by atoms with Crippen LogP contribution in [0, 0.1) is 13.8 Å². The van der Waals surface area contributed by atoms with Crippen molar-refractivity contribution in [1.29, 1.82) is 0 Å². The number of nitrogen functional groups attached to an aromatic ring is 1. The van der Waals surface area contributed by atoms with E-state index >= 15 is 0 Å². The van der Waals surface area contributed by atoms with Gasteiger partial charge in [0.25, 0.3) is 0 Å². The molecule has 4 aromatic rings. The fraction of sp³-hybridized carbons (Fsp3) is 0.318. The molecule has 4 heterocycles. The SMILES string of the molecule is Cc1ccc(-n2nnnc2-c2cc(-c3cnn(C4CCNCC4)c3)cnc2N)cc1C. The molecule has 9 nitrogen and oxygen atoms in total. The molecule has 1 saturated heterocycles. The highest BCUT2D eigenvalue weighted by Crippen LogP contribution is 2.30. The maximum Gasteiger partial charge on any atom is 0.190 e. The quantitative estimate of drug-likeness (QED) is 0.527. The average molecular weight is 416 g/mol. The van der Waals surface area contributed by atoms with Gasteiger partial charge in [-0.1, -0.05) is 6.07 Å². The Hall–Kier alpha value is -3.59. The maximum absolute atomic E-state index is 6.23. The van der Waals surface area contributed by atoms with E-state index in [1.54, 1.807) is 10.9 Å². The van der Waals surface area contributed by atoms with Crippen LogP contribution in [0.3, 0.4) is 0 Å². The first-order valence-electron chi connectivity index (χ1n) is 10.5. The molecule has 0 amide bonds. The average Bonchev–Trinajstić information content (AvgIpc) is 3.47. The summed E-state index contributed by atoms with van der Waals surface area (Å²) >= 11 is 0. The maximum atomic E-state index is 6.23. The van der Waals surface area contributed by atoms with E-state index in [0.29, 0.717) is 23.2 Å². The third kappa shape index (κ3) is 3.68. The van der Waals surface area contributed by atoms with Gasteiger partial charge in [-0.3, -0.25) is 4.68 Å². The predicted octanol–water partition coefficient (Wildman–Crippen LogP) is 2.71. The molecule has 3 aromatic heterocycles. The van der Waals surface area contributed by atoms with Crippen molar-refractivity contribution in [3.05, 3.63) is 54.0 Å². The van der Waals surface area contributed by atoms with Gasteiger partial charge in [0, 0.05) is 23.5 Å². The molecule has 0 unspecified atom stereocenters. The van der Waals surface area contributed by atoms with E-state index in [1.807, 2.05) is 18.3 Å². The van der Waals surface area contributed by atoms with E-state index < -0.39 is 0 Å². The number of aromatic nitrogens is 7. The van der Waals surface area contributed by atoms with Gasteiger partial charge in [-0.2, -0.15) is 9.78 Å². The lowest BCUT2D eigenvalue weighted by molar-refractivity contribution is 0.343. The molecular weight excluding hydrogens is 390 g/mol. The van der Waals surface area contributed by atoms with Crippen LogP contribution in [-0.2, 0) is 0 Å². The van der Waals surface area contributed by atoms with Crippen molar-refractivity contribution in [2.45, 2.75) is 32.7 Å². The molecule has 0 atom stereocenters. The Kier molecular flexibility index (Phi) is 4.95. The molecule has 0 aliphatic carbocycles. The number of piperidine rings is 1. The van der Waals surface area contributed by atoms with Crippen molar-refractivity contribution in [3.8, 4) is 28.2 Å². The van der Waals surface area contributed by atoms with Gasteiger partial charge < -0.3 is 11.1 Å². The summed E-state index contributed by atoms with van der Waals surface area (Å²) in [5.41, 5.74) is 12.1. The number of hydrogen-bond donors (Lipinski definition) is 2. The molecule has 3 N–H and O–H groups in total. The van der Waals surface area contributed by atoms with E-state index in [4.69, 9.17) is 5.73 Å². The van der Waals surface area contributed by atoms with Crippen LogP contribution in [0.25, 0.3) is 28.2 Å². The molecule has 158 valence electrons. The molecule has 9 heteroatoms. The highest BCUT2D eigenvalue weighted by molar-refractivity contribution is 5.76. The van der Waals surface area contributed by atoms with Crippen LogP contribution in [0.4, 0.5) is 5.82 Å². The van der Waals surface area contributed by atoms with Crippen LogP contribution in [-0.4, -0.2) is 48.1 Å². The monoisotopic (exact) mass is 415 g/mol. The second kappa shape index (κ2) is 7.92. The predicted molar refractivity (Wildman–Crippen MR) is 119 cm³/mol. The number of tetrazole rings is 1. The minimum Gasteiger partial charge on any atom is -0.383 e. The number of nitrogens with two attached hydrogens (primary N) is 1. The summed E-state index contributed by atoms with van der Waals surface area (Å²) in [5.74, 6) is 0.940. The van der Waals surface area contributed by atoms with Gasteiger partial charge in [0.2, 0.25) is 0 Å². The lowest BCUT2D eigenvalue weighted by Crippen LogP contribution is -2.29. The van der Waals surface area contributed by atoms with Gasteiger partial charge in [-0.15, -0.1) is 5.10 Å². The largest absolute Gasteiger partial charge is 0.383 e. The Balaban J connectivity index is 1.51. The zero-order valence-corrected chi connectivity index (χ0v) is 17.7. The van der Waals surface area contributed by atoms with Gasteiger partial charge in [0.1, 0.15) is 5.82 Å². The summed E-state index contributed by atoms with van der Waals surface area (Å²) in [6.07, 6.45) is 7.89. The lowest BCUT2D eigenvalue weighted by atomic mass is 10.1. The van der Waals surface area contributed by atoms with Gasteiger partial charge in [0.05, 0.1) is 23.5 Å². The second-order valence-corrected chi connectivity index (χ2v) is 8.03. The number of aryl methyl sites for hydroxylation is 2. The van der Waals surface area contributed by atoms with Gasteiger partial charge in [0.15, 0.2) is 5.82 Å². The van der Waals surface area contributed by atoms with Gasteiger partial charge >= 0.3 is 0 Å². The van der Waals surface area contributed by atoms with Crippen molar-refractivity contribution in [3.63, 3.8) is 0 Å². The fourth-order valence-corrected chi connectivity index (χ4v) is 3.96. The second-order valence-electron chi connectivity index (χ2n) is 8.03.